The number of hydrogen-bond donors (Lipinski definition) is 3. The molecule has 0 saturated carbocycles. The molecular formula is C35H35Br2N3O6. The number of carbonyl (C=O) groups excluding carboxylic acids is 1. The van der Waals surface area contributed by atoms with E-state index in [2.05, 4.69) is 42.7 Å². The van der Waals surface area contributed by atoms with Crippen molar-refractivity contribution >= 4 is 43.7 Å². The van der Waals surface area contributed by atoms with E-state index in [9.17, 15) is 4.79 Å². The largest absolute Gasteiger partial charge is 0.494 e. The number of carbonyl (C=O) groups is 1. The lowest BCUT2D eigenvalue weighted by molar-refractivity contribution is -0.130. The van der Waals surface area contributed by atoms with Gasteiger partial charge in [-0.1, -0.05) is 80.4 Å². The standard InChI is InChI=1S/C35H35Br2N3O6/c1-43-30-14-7-10-25(31(30)44-2)22-38-40-34(42)35(21-24-9-3-5-12-28(24)36)32(27-11-4-6-13-29(27)37)46-33(39-35)23-15-17-26(18-16-23)45-20-8-19-41/h3-7,9-18,32,38,41H,8,19-22H2,1-2H3,(H,40,42)/t32-,35-/m0/s1. The number of nitrogens with zero attached hydrogens (tertiary/aromatic N) is 1. The predicted molar refractivity (Wildman–Crippen MR) is 183 cm³/mol. The first-order valence-electron chi connectivity index (χ1n) is 14.7. The topological polar surface area (TPSA) is 111 Å². The van der Waals surface area contributed by atoms with Crippen LogP contribution in [-0.2, 0) is 22.5 Å². The molecular weight excluding hydrogens is 718 g/mol. The number of para-hydroxylation sites is 1. The third-order valence-electron chi connectivity index (χ3n) is 7.60. The van der Waals surface area contributed by atoms with Gasteiger partial charge in [0.1, 0.15) is 5.75 Å². The first kappa shape index (κ1) is 33.5. The number of methoxy groups -OCH3 is 2. The Morgan fingerprint density at radius 3 is 2.33 bits per heavy atom. The van der Waals surface area contributed by atoms with E-state index in [0.717, 1.165) is 25.6 Å². The van der Waals surface area contributed by atoms with Crippen LogP contribution >= 0.6 is 31.9 Å². The average molecular weight is 753 g/mol. The summed E-state index contributed by atoms with van der Waals surface area (Å²) in [6.07, 6.45) is -0.00230. The van der Waals surface area contributed by atoms with E-state index in [1.165, 1.54) is 0 Å². The minimum absolute atomic E-state index is 0.0583. The fourth-order valence-corrected chi connectivity index (χ4v) is 6.22. The second-order valence-electron chi connectivity index (χ2n) is 10.5. The summed E-state index contributed by atoms with van der Waals surface area (Å²) in [4.78, 5) is 19.6. The fourth-order valence-electron chi connectivity index (χ4n) is 5.30. The number of halogens is 2. The highest BCUT2D eigenvalue weighted by Crippen LogP contribution is 2.45. The van der Waals surface area contributed by atoms with Crippen LogP contribution in [0.3, 0.4) is 0 Å². The van der Waals surface area contributed by atoms with E-state index in [4.69, 9.17) is 29.0 Å². The second-order valence-corrected chi connectivity index (χ2v) is 12.2. The van der Waals surface area contributed by atoms with Gasteiger partial charge in [0.25, 0.3) is 5.91 Å². The SMILES string of the molecule is COc1cccc(CNNC(=O)[C@@]2(Cc3ccccc3Br)N=C(c3ccc(OCCCO)cc3)O[C@H]2c2ccccc2Br)c1OC. The monoisotopic (exact) mass is 751 g/mol. The summed E-state index contributed by atoms with van der Waals surface area (Å²) in [5.41, 5.74) is 7.77. The zero-order chi connectivity index (χ0) is 32.5. The average Bonchev–Trinajstić information content (AvgIpc) is 3.46. The molecule has 0 aromatic heterocycles. The van der Waals surface area contributed by atoms with Crippen molar-refractivity contribution in [2.24, 2.45) is 4.99 Å². The van der Waals surface area contributed by atoms with Crippen molar-refractivity contribution in [3.8, 4) is 17.2 Å². The molecule has 2 atom stereocenters. The van der Waals surface area contributed by atoms with E-state index >= 15 is 0 Å². The van der Waals surface area contributed by atoms with Crippen LogP contribution in [-0.4, -0.2) is 49.9 Å². The Morgan fingerprint density at radius 2 is 1.63 bits per heavy atom. The lowest BCUT2D eigenvalue weighted by Gasteiger charge is -2.31. The molecule has 0 unspecified atom stereocenters. The molecule has 0 radical (unpaired) electrons. The first-order chi connectivity index (χ1) is 22.4. The number of aliphatic hydroxyl groups excluding tert-OH is 1. The maximum Gasteiger partial charge on any atom is 0.266 e. The van der Waals surface area contributed by atoms with Crippen molar-refractivity contribution in [1.29, 1.82) is 0 Å². The van der Waals surface area contributed by atoms with Gasteiger partial charge in [-0.2, -0.15) is 0 Å². The van der Waals surface area contributed by atoms with Crippen molar-refractivity contribution in [2.75, 3.05) is 27.4 Å². The highest BCUT2D eigenvalue weighted by atomic mass is 79.9. The highest BCUT2D eigenvalue weighted by Gasteiger charge is 2.54. The molecule has 240 valence electrons. The van der Waals surface area contributed by atoms with Crippen LogP contribution in [0.1, 0.15) is 34.8 Å². The van der Waals surface area contributed by atoms with Crippen LogP contribution in [0.15, 0.2) is 105 Å². The summed E-state index contributed by atoms with van der Waals surface area (Å²) in [6.45, 7) is 0.732. The lowest BCUT2D eigenvalue weighted by atomic mass is 9.82. The van der Waals surface area contributed by atoms with E-state index in [-0.39, 0.29) is 25.5 Å². The minimum Gasteiger partial charge on any atom is -0.494 e. The van der Waals surface area contributed by atoms with Crippen LogP contribution in [0.5, 0.6) is 17.2 Å². The van der Waals surface area contributed by atoms with Gasteiger partial charge >= 0.3 is 0 Å². The van der Waals surface area contributed by atoms with Gasteiger partial charge < -0.3 is 24.1 Å². The Balaban J connectivity index is 1.53. The molecule has 0 aliphatic carbocycles. The fraction of sp³-hybridized carbons (Fsp3) is 0.257. The summed E-state index contributed by atoms with van der Waals surface area (Å²) >= 11 is 7.36. The molecule has 11 heteroatoms. The molecule has 3 N–H and O–H groups in total. The van der Waals surface area contributed by atoms with E-state index in [0.29, 0.717) is 41.7 Å². The molecule has 1 aliphatic rings. The number of aliphatic imine (C=N–C) groups is 1. The number of nitrogens with one attached hydrogen (secondary N) is 2. The number of benzene rings is 4. The van der Waals surface area contributed by atoms with Gasteiger partial charge in [-0.3, -0.25) is 10.2 Å². The van der Waals surface area contributed by atoms with Crippen molar-refractivity contribution in [3.05, 3.63) is 122 Å². The quantitative estimate of drug-likeness (QED) is 0.102. The lowest BCUT2D eigenvalue weighted by Crippen LogP contribution is -2.53. The van der Waals surface area contributed by atoms with E-state index in [1.54, 1.807) is 14.2 Å². The first-order valence-corrected chi connectivity index (χ1v) is 16.3. The summed E-state index contributed by atoms with van der Waals surface area (Å²) in [6, 6.07) is 28.4. The number of ether oxygens (including phenoxy) is 4. The summed E-state index contributed by atoms with van der Waals surface area (Å²) in [5, 5.41) is 9.08. The number of rotatable bonds is 14. The van der Waals surface area contributed by atoms with Crippen molar-refractivity contribution in [1.82, 2.24) is 10.9 Å². The van der Waals surface area contributed by atoms with Gasteiger partial charge in [-0.25, -0.2) is 10.4 Å². The molecule has 1 aliphatic heterocycles. The Morgan fingerprint density at radius 1 is 0.913 bits per heavy atom. The Bertz CT molecular complexity index is 1680. The normalized spacial score (nSPS) is 17.2. The summed E-state index contributed by atoms with van der Waals surface area (Å²) in [5.74, 6) is 1.79. The summed E-state index contributed by atoms with van der Waals surface area (Å²) < 4.78 is 25.0. The number of aliphatic hydroxyl groups is 1. The molecule has 4 aromatic carbocycles. The number of amides is 1. The smallest absolute Gasteiger partial charge is 0.266 e. The van der Waals surface area contributed by atoms with Gasteiger partial charge in [0.2, 0.25) is 5.90 Å². The van der Waals surface area contributed by atoms with E-state index in [1.807, 2.05) is 91.0 Å². The maximum absolute atomic E-state index is 14.5. The Labute approximate surface area is 285 Å². The van der Waals surface area contributed by atoms with Gasteiger partial charge in [0.05, 0.1) is 20.8 Å². The second kappa shape index (κ2) is 15.6. The Kier molecular flexibility index (Phi) is 11.3. The molecule has 1 amide bonds. The number of hydrazine groups is 1. The van der Waals surface area contributed by atoms with Crippen molar-refractivity contribution in [2.45, 2.75) is 31.0 Å². The predicted octanol–water partition coefficient (Wildman–Crippen LogP) is 6.31. The molecule has 0 fully saturated rings. The Hall–Kier alpha value is -3.90. The summed E-state index contributed by atoms with van der Waals surface area (Å²) in [7, 11) is 3.16. The third-order valence-corrected chi connectivity index (χ3v) is 9.10. The van der Waals surface area contributed by atoms with E-state index < -0.39 is 11.6 Å². The molecule has 9 nitrogen and oxygen atoms in total. The third kappa shape index (κ3) is 7.39. The van der Waals surface area contributed by atoms with Crippen LogP contribution in [0.25, 0.3) is 0 Å². The molecule has 0 saturated heterocycles. The van der Waals surface area contributed by atoms with Crippen LogP contribution in [0, 0.1) is 0 Å². The van der Waals surface area contributed by atoms with Crippen LogP contribution in [0.2, 0.25) is 0 Å². The molecule has 1 heterocycles. The maximum atomic E-state index is 14.5. The minimum atomic E-state index is -1.41. The van der Waals surface area contributed by atoms with Gasteiger partial charge in [0, 0.05) is 51.6 Å². The molecule has 5 rings (SSSR count). The van der Waals surface area contributed by atoms with Crippen LogP contribution in [0.4, 0.5) is 0 Å². The zero-order valence-electron chi connectivity index (χ0n) is 25.5. The van der Waals surface area contributed by atoms with Crippen molar-refractivity contribution in [3.63, 3.8) is 0 Å². The molecule has 0 spiro atoms. The van der Waals surface area contributed by atoms with Gasteiger partial charge in [-0.15, -0.1) is 0 Å². The molecule has 4 aromatic rings. The highest BCUT2D eigenvalue weighted by molar-refractivity contribution is 9.10. The number of hydrogen-bond acceptors (Lipinski definition) is 8. The molecule has 46 heavy (non-hydrogen) atoms. The zero-order valence-corrected chi connectivity index (χ0v) is 28.6. The van der Waals surface area contributed by atoms with Gasteiger partial charge in [-0.05, 0) is 48.0 Å². The van der Waals surface area contributed by atoms with Crippen molar-refractivity contribution < 1.29 is 28.8 Å². The molecule has 0 bridgehead atoms. The van der Waals surface area contributed by atoms with Crippen LogP contribution < -0.4 is 25.1 Å². The van der Waals surface area contributed by atoms with Gasteiger partial charge in [0.15, 0.2) is 23.1 Å².